The molecule has 0 spiro atoms. The number of likely N-dealkylation sites (tertiary alicyclic amines) is 1. The predicted octanol–water partition coefficient (Wildman–Crippen LogP) is 4.39. The fourth-order valence-electron chi connectivity index (χ4n) is 3.72. The van der Waals surface area contributed by atoms with Gasteiger partial charge >= 0.3 is 0 Å². The van der Waals surface area contributed by atoms with Crippen molar-refractivity contribution in [3.8, 4) is 0 Å². The zero-order valence-electron chi connectivity index (χ0n) is 14.3. The Morgan fingerprint density at radius 2 is 1.81 bits per heavy atom. The molecule has 5 heteroatoms. The second-order valence-corrected chi connectivity index (χ2v) is 6.92. The van der Waals surface area contributed by atoms with E-state index in [4.69, 9.17) is 0 Å². The lowest BCUT2D eigenvalue weighted by molar-refractivity contribution is -0.131. The highest BCUT2D eigenvalue weighted by atomic mass is 19.1. The Labute approximate surface area is 150 Å². The van der Waals surface area contributed by atoms with Crippen molar-refractivity contribution in [2.45, 2.75) is 25.2 Å². The Kier molecular flexibility index (Phi) is 4.45. The lowest BCUT2D eigenvalue weighted by Crippen LogP contribution is -2.38. The van der Waals surface area contributed by atoms with E-state index in [9.17, 15) is 13.6 Å². The van der Waals surface area contributed by atoms with Gasteiger partial charge in [-0.3, -0.25) is 4.79 Å². The quantitative estimate of drug-likeness (QED) is 0.744. The molecule has 0 unspecified atom stereocenters. The molecule has 0 bridgehead atoms. The van der Waals surface area contributed by atoms with Crippen molar-refractivity contribution in [3.05, 3.63) is 71.4 Å². The average molecular weight is 354 g/mol. The van der Waals surface area contributed by atoms with Gasteiger partial charge in [-0.1, -0.05) is 12.1 Å². The van der Waals surface area contributed by atoms with Gasteiger partial charge in [-0.25, -0.2) is 8.78 Å². The van der Waals surface area contributed by atoms with Crippen molar-refractivity contribution in [2.75, 3.05) is 13.1 Å². The standard InChI is InChI=1S/C21H20F2N2O/c22-17-3-1-2-14(10-17)11-21(26)25-8-6-15(7-9-25)20-13-16-12-18(23)4-5-19(16)24-20/h1-5,10,12-13,15,24H,6-9,11H2. The van der Waals surface area contributed by atoms with Crippen LogP contribution in [-0.4, -0.2) is 28.9 Å². The summed E-state index contributed by atoms with van der Waals surface area (Å²) in [5.74, 6) is -0.179. The Morgan fingerprint density at radius 1 is 1.04 bits per heavy atom. The average Bonchev–Trinajstić information content (AvgIpc) is 3.05. The second-order valence-electron chi connectivity index (χ2n) is 6.92. The SMILES string of the molecule is O=C(Cc1cccc(F)c1)N1CCC(c2cc3cc(F)ccc3[nH]2)CC1. The first-order valence-corrected chi connectivity index (χ1v) is 8.89. The van der Waals surface area contributed by atoms with Crippen LogP contribution in [0.1, 0.15) is 30.0 Å². The van der Waals surface area contributed by atoms with E-state index >= 15 is 0 Å². The van der Waals surface area contributed by atoms with Crippen LogP contribution in [0.2, 0.25) is 0 Å². The highest BCUT2D eigenvalue weighted by Crippen LogP contribution is 2.30. The maximum Gasteiger partial charge on any atom is 0.226 e. The summed E-state index contributed by atoms with van der Waals surface area (Å²) in [5, 5.41) is 0.879. The zero-order valence-corrected chi connectivity index (χ0v) is 14.3. The molecule has 2 aromatic carbocycles. The van der Waals surface area contributed by atoms with Gasteiger partial charge in [-0.15, -0.1) is 0 Å². The van der Waals surface area contributed by atoms with E-state index < -0.39 is 0 Å². The van der Waals surface area contributed by atoms with Gasteiger partial charge in [0, 0.05) is 35.6 Å². The maximum atomic E-state index is 13.4. The Hall–Kier alpha value is -2.69. The first-order valence-electron chi connectivity index (χ1n) is 8.89. The van der Waals surface area contributed by atoms with Crippen molar-refractivity contribution in [3.63, 3.8) is 0 Å². The van der Waals surface area contributed by atoms with Crippen molar-refractivity contribution < 1.29 is 13.6 Å². The summed E-state index contributed by atoms with van der Waals surface area (Å²) in [7, 11) is 0. The lowest BCUT2D eigenvalue weighted by Gasteiger charge is -2.31. The van der Waals surface area contributed by atoms with Gasteiger partial charge in [0.1, 0.15) is 11.6 Å². The molecule has 26 heavy (non-hydrogen) atoms. The van der Waals surface area contributed by atoms with Gasteiger partial charge in [0.2, 0.25) is 5.91 Å². The second kappa shape index (κ2) is 6.90. The van der Waals surface area contributed by atoms with E-state index in [0.717, 1.165) is 29.4 Å². The number of halogens is 2. The van der Waals surface area contributed by atoms with Crippen LogP contribution in [0.4, 0.5) is 8.78 Å². The smallest absolute Gasteiger partial charge is 0.226 e. The molecule has 0 atom stereocenters. The number of amides is 1. The number of hydrogen-bond acceptors (Lipinski definition) is 1. The monoisotopic (exact) mass is 354 g/mol. The van der Waals surface area contributed by atoms with Crippen molar-refractivity contribution >= 4 is 16.8 Å². The van der Waals surface area contributed by atoms with Crippen LogP contribution in [0, 0.1) is 11.6 Å². The minimum Gasteiger partial charge on any atom is -0.358 e. The van der Waals surface area contributed by atoms with E-state index in [1.165, 1.54) is 24.3 Å². The molecule has 1 amide bonds. The molecule has 0 radical (unpaired) electrons. The zero-order chi connectivity index (χ0) is 18.1. The van der Waals surface area contributed by atoms with Gasteiger partial charge in [-0.05, 0) is 54.8 Å². The Balaban J connectivity index is 1.39. The van der Waals surface area contributed by atoms with Gasteiger partial charge in [0.15, 0.2) is 0 Å². The normalized spacial score (nSPS) is 15.5. The van der Waals surface area contributed by atoms with E-state index in [1.807, 2.05) is 11.0 Å². The third-order valence-corrected chi connectivity index (χ3v) is 5.14. The summed E-state index contributed by atoms with van der Waals surface area (Å²) >= 11 is 0. The van der Waals surface area contributed by atoms with Crippen LogP contribution in [0.5, 0.6) is 0 Å². The fraction of sp³-hybridized carbons (Fsp3) is 0.286. The number of H-pyrrole nitrogens is 1. The molecule has 1 aliphatic heterocycles. The van der Waals surface area contributed by atoms with Gasteiger partial charge in [0.25, 0.3) is 0 Å². The summed E-state index contributed by atoms with van der Waals surface area (Å²) in [6.07, 6.45) is 1.96. The Bertz CT molecular complexity index is 942. The van der Waals surface area contributed by atoms with Gasteiger partial charge in [0.05, 0.1) is 6.42 Å². The summed E-state index contributed by atoms with van der Waals surface area (Å²) in [6.45, 7) is 1.37. The first kappa shape index (κ1) is 16.8. The molecule has 3 aromatic rings. The largest absolute Gasteiger partial charge is 0.358 e. The van der Waals surface area contributed by atoms with Crippen molar-refractivity contribution in [1.29, 1.82) is 0 Å². The van der Waals surface area contributed by atoms with Crippen molar-refractivity contribution in [2.24, 2.45) is 0 Å². The summed E-state index contributed by atoms with van der Waals surface area (Å²) < 4.78 is 26.6. The Morgan fingerprint density at radius 3 is 2.58 bits per heavy atom. The molecule has 3 nitrogen and oxygen atoms in total. The van der Waals surface area contributed by atoms with E-state index in [2.05, 4.69) is 4.98 Å². The number of nitrogens with zero attached hydrogens (tertiary/aromatic N) is 1. The number of hydrogen-bond donors (Lipinski definition) is 1. The van der Waals surface area contributed by atoms with Crippen molar-refractivity contribution in [1.82, 2.24) is 9.88 Å². The van der Waals surface area contributed by atoms with Crippen LogP contribution >= 0.6 is 0 Å². The third-order valence-electron chi connectivity index (χ3n) is 5.14. The number of aromatic nitrogens is 1. The van der Waals surface area contributed by atoms with Crippen LogP contribution in [0.15, 0.2) is 48.5 Å². The fourth-order valence-corrected chi connectivity index (χ4v) is 3.72. The molecule has 0 saturated carbocycles. The summed E-state index contributed by atoms with van der Waals surface area (Å²) in [5.41, 5.74) is 2.74. The number of fused-ring (bicyclic) bond motifs is 1. The molecule has 1 saturated heterocycles. The highest BCUT2D eigenvalue weighted by molar-refractivity contribution is 5.81. The van der Waals surface area contributed by atoms with E-state index in [1.54, 1.807) is 18.2 Å². The lowest BCUT2D eigenvalue weighted by atomic mass is 9.93. The molecule has 1 fully saturated rings. The maximum absolute atomic E-state index is 13.4. The number of rotatable bonds is 3. The predicted molar refractivity (Wildman–Crippen MR) is 96.9 cm³/mol. The molecule has 4 rings (SSSR count). The minimum absolute atomic E-state index is 0.0350. The molecule has 2 heterocycles. The minimum atomic E-state index is -0.316. The molecule has 1 N–H and O–H groups in total. The molecule has 0 aliphatic carbocycles. The number of carbonyl (C=O) groups excluding carboxylic acids is 1. The highest BCUT2D eigenvalue weighted by Gasteiger charge is 2.25. The summed E-state index contributed by atoms with van der Waals surface area (Å²) in [6, 6.07) is 12.9. The topological polar surface area (TPSA) is 36.1 Å². The van der Waals surface area contributed by atoms with E-state index in [0.29, 0.717) is 24.6 Å². The number of nitrogens with one attached hydrogen (secondary N) is 1. The molecular formula is C21H20F2N2O. The molecular weight excluding hydrogens is 334 g/mol. The summed E-state index contributed by atoms with van der Waals surface area (Å²) in [4.78, 5) is 17.7. The van der Waals surface area contributed by atoms with Gasteiger partial charge < -0.3 is 9.88 Å². The molecule has 1 aliphatic rings. The van der Waals surface area contributed by atoms with Crippen LogP contribution in [0.3, 0.4) is 0 Å². The van der Waals surface area contributed by atoms with Crippen LogP contribution in [-0.2, 0) is 11.2 Å². The number of benzene rings is 2. The van der Waals surface area contributed by atoms with E-state index in [-0.39, 0.29) is 24.0 Å². The third kappa shape index (κ3) is 3.47. The number of piperidine rings is 1. The molecule has 134 valence electrons. The number of aromatic amines is 1. The van der Waals surface area contributed by atoms with Crippen LogP contribution < -0.4 is 0 Å². The van der Waals surface area contributed by atoms with Crippen LogP contribution in [0.25, 0.3) is 10.9 Å². The number of carbonyl (C=O) groups is 1. The first-order chi connectivity index (χ1) is 12.6. The van der Waals surface area contributed by atoms with Gasteiger partial charge in [-0.2, -0.15) is 0 Å². The molecule has 1 aromatic heterocycles.